The van der Waals surface area contributed by atoms with Crippen LogP contribution in [-0.2, 0) is 0 Å². The fraction of sp³-hybridized carbons (Fsp3) is 0.400. The molecule has 0 aliphatic carbocycles. The normalized spacial score (nSPS) is 12.7. The van der Waals surface area contributed by atoms with E-state index < -0.39 is 0 Å². The van der Waals surface area contributed by atoms with Gasteiger partial charge in [0.2, 0.25) is 5.89 Å². The average Bonchev–Trinajstić information content (AvgIpc) is 2.77. The molecule has 2 rings (SSSR count). The lowest BCUT2D eigenvalue weighted by Crippen LogP contribution is -2.17. The van der Waals surface area contributed by atoms with E-state index in [0.717, 1.165) is 23.8 Å². The highest BCUT2D eigenvalue weighted by Gasteiger charge is 2.12. The summed E-state index contributed by atoms with van der Waals surface area (Å²) in [4.78, 5) is 4.34. The Bertz CT molecular complexity index is 511. The zero-order chi connectivity index (χ0) is 13.1. The number of hydrogen-bond acceptors (Lipinski definition) is 3. The molecule has 1 aromatic carbocycles. The van der Waals surface area contributed by atoms with E-state index in [-0.39, 0.29) is 6.04 Å². The second-order valence-electron chi connectivity index (χ2n) is 4.72. The van der Waals surface area contributed by atoms with Gasteiger partial charge in [0.15, 0.2) is 5.76 Å². The molecule has 0 spiro atoms. The summed E-state index contributed by atoms with van der Waals surface area (Å²) in [6.07, 6.45) is 1.80. The van der Waals surface area contributed by atoms with E-state index in [2.05, 4.69) is 56.2 Å². The van der Waals surface area contributed by atoms with Crippen LogP contribution in [0, 0.1) is 13.8 Å². The van der Waals surface area contributed by atoms with E-state index in [1.807, 2.05) is 0 Å². The maximum Gasteiger partial charge on any atom is 0.211 e. The molecular formula is C15H20N2O. The number of benzene rings is 1. The number of oxazole rings is 1. The Balaban J connectivity index is 2.29. The summed E-state index contributed by atoms with van der Waals surface area (Å²) in [6.45, 7) is 9.22. The molecule has 3 nitrogen and oxygen atoms in total. The van der Waals surface area contributed by atoms with Crippen LogP contribution in [0.3, 0.4) is 0 Å². The van der Waals surface area contributed by atoms with Crippen LogP contribution in [0.1, 0.15) is 36.9 Å². The van der Waals surface area contributed by atoms with Crippen LogP contribution < -0.4 is 5.32 Å². The van der Waals surface area contributed by atoms with Crippen LogP contribution in [0.2, 0.25) is 0 Å². The van der Waals surface area contributed by atoms with Crippen molar-refractivity contribution in [2.45, 2.75) is 33.7 Å². The molecule has 0 saturated heterocycles. The van der Waals surface area contributed by atoms with Gasteiger partial charge in [-0.3, -0.25) is 0 Å². The summed E-state index contributed by atoms with van der Waals surface area (Å²) in [5.74, 6) is 1.58. The van der Waals surface area contributed by atoms with E-state index in [1.54, 1.807) is 6.20 Å². The highest BCUT2D eigenvalue weighted by atomic mass is 16.4. The molecule has 0 amide bonds. The molecule has 1 N–H and O–H groups in total. The van der Waals surface area contributed by atoms with E-state index in [4.69, 9.17) is 4.42 Å². The van der Waals surface area contributed by atoms with Crippen LogP contribution in [-0.4, -0.2) is 11.5 Å². The van der Waals surface area contributed by atoms with Gasteiger partial charge in [0, 0.05) is 5.56 Å². The number of aryl methyl sites for hydroxylation is 2. The van der Waals surface area contributed by atoms with Crippen molar-refractivity contribution in [1.82, 2.24) is 10.3 Å². The number of rotatable bonds is 4. The third-order valence-electron chi connectivity index (χ3n) is 2.91. The predicted molar refractivity (Wildman–Crippen MR) is 73.5 cm³/mol. The minimum absolute atomic E-state index is 0.148. The summed E-state index contributed by atoms with van der Waals surface area (Å²) in [5.41, 5.74) is 3.57. The molecule has 0 aliphatic heterocycles. The Labute approximate surface area is 108 Å². The summed E-state index contributed by atoms with van der Waals surface area (Å²) in [7, 11) is 0. The first-order valence-electron chi connectivity index (χ1n) is 6.38. The van der Waals surface area contributed by atoms with Crippen LogP contribution in [0.25, 0.3) is 11.3 Å². The molecule has 1 unspecified atom stereocenters. The molecule has 3 heteroatoms. The summed E-state index contributed by atoms with van der Waals surface area (Å²) in [5, 5.41) is 3.29. The van der Waals surface area contributed by atoms with Crippen molar-refractivity contribution < 1.29 is 4.42 Å². The first kappa shape index (κ1) is 12.8. The van der Waals surface area contributed by atoms with Gasteiger partial charge in [-0.1, -0.05) is 24.1 Å². The number of aromatic nitrogens is 1. The lowest BCUT2D eigenvalue weighted by Gasteiger charge is -2.07. The van der Waals surface area contributed by atoms with E-state index >= 15 is 0 Å². The Hall–Kier alpha value is -1.61. The van der Waals surface area contributed by atoms with Gasteiger partial charge in [-0.15, -0.1) is 0 Å². The predicted octanol–water partition coefficient (Wildman–Crippen LogP) is 3.63. The van der Waals surface area contributed by atoms with Gasteiger partial charge in [0.05, 0.1) is 12.2 Å². The lowest BCUT2D eigenvalue weighted by molar-refractivity contribution is 0.429. The SMILES string of the molecule is CCNC(C)c1ncc(-c2cc(C)cc(C)c2)o1. The highest BCUT2D eigenvalue weighted by molar-refractivity contribution is 5.58. The van der Waals surface area contributed by atoms with Gasteiger partial charge in [0.1, 0.15) is 0 Å². The Kier molecular flexibility index (Phi) is 3.82. The minimum atomic E-state index is 0.148. The van der Waals surface area contributed by atoms with E-state index in [1.165, 1.54) is 11.1 Å². The lowest BCUT2D eigenvalue weighted by atomic mass is 10.1. The smallest absolute Gasteiger partial charge is 0.211 e. The van der Waals surface area contributed by atoms with Crippen LogP contribution in [0.4, 0.5) is 0 Å². The monoisotopic (exact) mass is 244 g/mol. The van der Waals surface area contributed by atoms with Crippen molar-refractivity contribution in [3.05, 3.63) is 41.4 Å². The molecular weight excluding hydrogens is 224 g/mol. The molecule has 1 atom stereocenters. The minimum Gasteiger partial charge on any atom is -0.439 e. The Morgan fingerprint density at radius 3 is 2.50 bits per heavy atom. The van der Waals surface area contributed by atoms with Gasteiger partial charge in [-0.05, 0) is 39.4 Å². The van der Waals surface area contributed by atoms with Crippen LogP contribution in [0.5, 0.6) is 0 Å². The van der Waals surface area contributed by atoms with Crippen molar-refractivity contribution in [3.8, 4) is 11.3 Å². The van der Waals surface area contributed by atoms with Crippen molar-refractivity contribution in [2.24, 2.45) is 0 Å². The fourth-order valence-electron chi connectivity index (χ4n) is 2.13. The van der Waals surface area contributed by atoms with Crippen LogP contribution >= 0.6 is 0 Å². The highest BCUT2D eigenvalue weighted by Crippen LogP contribution is 2.24. The van der Waals surface area contributed by atoms with Crippen molar-refractivity contribution in [2.75, 3.05) is 6.54 Å². The van der Waals surface area contributed by atoms with Gasteiger partial charge >= 0.3 is 0 Å². The topological polar surface area (TPSA) is 38.1 Å². The zero-order valence-corrected chi connectivity index (χ0v) is 11.4. The van der Waals surface area contributed by atoms with Crippen molar-refractivity contribution >= 4 is 0 Å². The van der Waals surface area contributed by atoms with Crippen molar-refractivity contribution in [1.29, 1.82) is 0 Å². The molecule has 0 saturated carbocycles. The van der Waals surface area contributed by atoms with Crippen molar-refractivity contribution in [3.63, 3.8) is 0 Å². The Morgan fingerprint density at radius 2 is 1.89 bits per heavy atom. The second-order valence-corrected chi connectivity index (χ2v) is 4.72. The zero-order valence-electron chi connectivity index (χ0n) is 11.4. The largest absolute Gasteiger partial charge is 0.439 e. The molecule has 0 radical (unpaired) electrons. The van der Waals surface area contributed by atoms with E-state index in [0.29, 0.717) is 0 Å². The molecule has 18 heavy (non-hydrogen) atoms. The summed E-state index contributed by atoms with van der Waals surface area (Å²) in [6, 6.07) is 6.54. The summed E-state index contributed by atoms with van der Waals surface area (Å²) < 4.78 is 5.82. The molecule has 96 valence electrons. The molecule has 1 aromatic heterocycles. The number of nitrogens with zero attached hydrogens (tertiary/aromatic N) is 1. The standard InChI is InChI=1S/C15H20N2O/c1-5-16-12(4)15-17-9-14(18-15)13-7-10(2)6-11(3)8-13/h6-9,12,16H,5H2,1-4H3. The first-order valence-corrected chi connectivity index (χ1v) is 6.38. The molecule has 0 fully saturated rings. The maximum absolute atomic E-state index is 5.82. The van der Waals surface area contributed by atoms with Crippen LogP contribution in [0.15, 0.2) is 28.8 Å². The quantitative estimate of drug-likeness (QED) is 0.892. The summed E-state index contributed by atoms with van der Waals surface area (Å²) >= 11 is 0. The van der Waals surface area contributed by atoms with Gasteiger partial charge in [0.25, 0.3) is 0 Å². The molecule has 0 bridgehead atoms. The molecule has 0 aliphatic rings. The molecule has 2 aromatic rings. The van der Waals surface area contributed by atoms with Gasteiger partial charge < -0.3 is 9.73 Å². The second kappa shape index (κ2) is 5.36. The third-order valence-corrected chi connectivity index (χ3v) is 2.91. The third kappa shape index (κ3) is 2.79. The van der Waals surface area contributed by atoms with E-state index in [9.17, 15) is 0 Å². The van der Waals surface area contributed by atoms with Gasteiger partial charge in [-0.25, -0.2) is 4.98 Å². The maximum atomic E-state index is 5.82. The Morgan fingerprint density at radius 1 is 1.22 bits per heavy atom. The fourth-order valence-corrected chi connectivity index (χ4v) is 2.13. The number of nitrogens with one attached hydrogen (secondary N) is 1. The first-order chi connectivity index (χ1) is 8.60. The van der Waals surface area contributed by atoms with Gasteiger partial charge in [-0.2, -0.15) is 0 Å². The number of hydrogen-bond donors (Lipinski definition) is 1. The average molecular weight is 244 g/mol. The molecule has 1 heterocycles.